The van der Waals surface area contributed by atoms with E-state index in [0.717, 1.165) is 5.69 Å². The van der Waals surface area contributed by atoms with Crippen LogP contribution in [0.3, 0.4) is 0 Å². The molecule has 0 bridgehead atoms. The summed E-state index contributed by atoms with van der Waals surface area (Å²) < 4.78 is 23.2. The lowest BCUT2D eigenvalue weighted by Gasteiger charge is -2.22. The van der Waals surface area contributed by atoms with E-state index in [1.807, 2.05) is 0 Å². The van der Waals surface area contributed by atoms with Gasteiger partial charge in [-0.3, -0.25) is 9.59 Å². The molecular formula is C18H20N4O4S. The summed E-state index contributed by atoms with van der Waals surface area (Å²) in [4.78, 5) is 33.5. The van der Waals surface area contributed by atoms with Crippen molar-refractivity contribution in [1.29, 1.82) is 0 Å². The summed E-state index contributed by atoms with van der Waals surface area (Å²) in [5.41, 5.74) is 1.51. The molecule has 9 heteroatoms. The Kier molecular flexibility index (Phi) is 5.22. The standard InChI is InChI=1S/C18H20N4O4S/c1-12(23)13-3-5-14(6-4-13)21-17-10-19-16(9-20-17)18(24)22(2)15-7-8-27(25,26)11-15/h3-6,9-10,15H,7-8,11H2,1-2H3,(H,20,21). The van der Waals surface area contributed by atoms with Gasteiger partial charge in [-0.05, 0) is 37.6 Å². The normalized spacial score (nSPS) is 18.1. The molecule has 2 heterocycles. The topological polar surface area (TPSA) is 109 Å². The minimum absolute atomic E-state index is 0.0108. The number of ketones is 1. The van der Waals surface area contributed by atoms with Crippen LogP contribution in [0.1, 0.15) is 34.2 Å². The van der Waals surface area contributed by atoms with Crippen molar-refractivity contribution in [2.45, 2.75) is 19.4 Å². The lowest BCUT2D eigenvalue weighted by molar-refractivity contribution is 0.0741. The van der Waals surface area contributed by atoms with E-state index in [-0.39, 0.29) is 34.9 Å². The number of sulfone groups is 1. The number of carbonyl (C=O) groups excluding carboxylic acids is 2. The maximum absolute atomic E-state index is 12.5. The summed E-state index contributed by atoms with van der Waals surface area (Å²) in [6.07, 6.45) is 3.23. The van der Waals surface area contributed by atoms with Crippen molar-refractivity contribution < 1.29 is 18.0 Å². The third-order valence-electron chi connectivity index (χ3n) is 4.51. The molecule has 27 heavy (non-hydrogen) atoms. The summed E-state index contributed by atoms with van der Waals surface area (Å²) in [5, 5.41) is 3.04. The number of carbonyl (C=O) groups is 2. The van der Waals surface area contributed by atoms with Gasteiger partial charge in [0.25, 0.3) is 5.91 Å². The number of Topliss-reactive ketones (excluding diaryl/α,β-unsaturated/α-hetero) is 1. The fourth-order valence-electron chi connectivity index (χ4n) is 2.87. The summed E-state index contributed by atoms with van der Waals surface area (Å²) in [7, 11) is -1.49. The molecule has 0 radical (unpaired) electrons. The van der Waals surface area contributed by atoms with Crippen molar-refractivity contribution in [2.24, 2.45) is 0 Å². The van der Waals surface area contributed by atoms with Crippen LogP contribution in [0, 0.1) is 0 Å². The maximum Gasteiger partial charge on any atom is 0.274 e. The molecule has 1 aromatic carbocycles. The van der Waals surface area contributed by atoms with Gasteiger partial charge < -0.3 is 10.2 Å². The fraction of sp³-hybridized carbons (Fsp3) is 0.333. The molecule has 0 aliphatic carbocycles. The van der Waals surface area contributed by atoms with Crippen molar-refractivity contribution >= 4 is 33.0 Å². The van der Waals surface area contributed by atoms with Crippen LogP contribution in [0.15, 0.2) is 36.7 Å². The molecule has 1 atom stereocenters. The van der Waals surface area contributed by atoms with Crippen LogP contribution < -0.4 is 5.32 Å². The highest BCUT2D eigenvalue weighted by molar-refractivity contribution is 7.91. The minimum atomic E-state index is -3.07. The first kappa shape index (κ1) is 19.0. The number of nitrogens with zero attached hydrogens (tertiary/aromatic N) is 3. The summed E-state index contributed by atoms with van der Waals surface area (Å²) in [6, 6.07) is 6.60. The van der Waals surface area contributed by atoms with E-state index >= 15 is 0 Å². The minimum Gasteiger partial charge on any atom is -0.339 e. The molecule has 1 saturated heterocycles. The van der Waals surface area contributed by atoms with Gasteiger partial charge in [0.05, 0.1) is 23.9 Å². The van der Waals surface area contributed by atoms with Crippen LogP contribution in [0.4, 0.5) is 11.5 Å². The third-order valence-corrected chi connectivity index (χ3v) is 6.26. The molecule has 1 N–H and O–H groups in total. The van der Waals surface area contributed by atoms with Crippen LogP contribution >= 0.6 is 0 Å². The molecule has 8 nitrogen and oxygen atoms in total. The zero-order chi connectivity index (χ0) is 19.6. The Morgan fingerprint density at radius 1 is 1.15 bits per heavy atom. The number of benzene rings is 1. The molecule has 1 aliphatic heterocycles. The van der Waals surface area contributed by atoms with Gasteiger partial charge in [0.1, 0.15) is 11.5 Å². The van der Waals surface area contributed by atoms with Gasteiger partial charge in [0, 0.05) is 24.3 Å². The Hall–Kier alpha value is -2.81. The smallest absolute Gasteiger partial charge is 0.274 e. The molecule has 1 aliphatic rings. The van der Waals surface area contributed by atoms with Crippen molar-refractivity contribution in [3.05, 3.63) is 47.9 Å². The van der Waals surface area contributed by atoms with Crippen LogP contribution in [0.5, 0.6) is 0 Å². The van der Waals surface area contributed by atoms with E-state index in [1.54, 1.807) is 31.3 Å². The predicted molar refractivity (Wildman–Crippen MR) is 101 cm³/mol. The average molecular weight is 388 g/mol. The molecule has 142 valence electrons. The van der Waals surface area contributed by atoms with E-state index in [2.05, 4.69) is 15.3 Å². The van der Waals surface area contributed by atoms with Crippen molar-refractivity contribution in [1.82, 2.24) is 14.9 Å². The summed E-state index contributed by atoms with van der Waals surface area (Å²) >= 11 is 0. The Morgan fingerprint density at radius 2 is 1.85 bits per heavy atom. The number of hydrogen-bond donors (Lipinski definition) is 1. The van der Waals surface area contributed by atoms with E-state index in [4.69, 9.17) is 0 Å². The summed E-state index contributed by atoms with van der Waals surface area (Å²) in [6.45, 7) is 1.50. The first-order chi connectivity index (χ1) is 12.7. The van der Waals surface area contributed by atoms with Crippen LogP contribution in [0.25, 0.3) is 0 Å². The predicted octanol–water partition coefficient (Wildman–Crippen LogP) is 1.68. The first-order valence-electron chi connectivity index (χ1n) is 8.43. The zero-order valence-electron chi connectivity index (χ0n) is 15.0. The second-order valence-electron chi connectivity index (χ2n) is 6.52. The fourth-order valence-corrected chi connectivity index (χ4v) is 4.64. The lowest BCUT2D eigenvalue weighted by Crippen LogP contribution is -2.38. The maximum atomic E-state index is 12.5. The number of anilines is 2. The van der Waals surface area contributed by atoms with Crippen LogP contribution in [-0.4, -0.2) is 59.6 Å². The molecule has 0 spiro atoms. The van der Waals surface area contributed by atoms with Gasteiger partial charge in [-0.15, -0.1) is 0 Å². The number of hydrogen-bond acceptors (Lipinski definition) is 7. The molecule has 2 aromatic rings. The Bertz CT molecular complexity index is 956. The Labute approximate surface area is 157 Å². The van der Waals surface area contributed by atoms with Crippen LogP contribution in [-0.2, 0) is 9.84 Å². The van der Waals surface area contributed by atoms with Crippen molar-refractivity contribution in [2.75, 3.05) is 23.9 Å². The number of nitrogens with one attached hydrogen (secondary N) is 1. The molecule has 1 unspecified atom stereocenters. The van der Waals surface area contributed by atoms with Crippen molar-refractivity contribution in [3.63, 3.8) is 0 Å². The van der Waals surface area contributed by atoms with E-state index in [1.165, 1.54) is 24.2 Å². The zero-order valence-corrected chi connectivity index (χ0v) is 15.9. The van der Waals surface area contributed by atoms with Gasteiger partial charge >= 0.3 is 0 Å². The van der Waals surface area contributed by atoms with Gasteiger partial charge in [-0.2, -0.15) is 0 Å². The molecule has 0 saturated carbocycles. The van der Waals surface area contributed by atoms with Gasteiger partial charge in [0.2, 0.25) is 0 Å². The summed E-state index contributed by atoms with van der Waals surface area (Å²) in [5.74, 6) is 0.170. The van der Waals surface area contributed by atoms with Crippen LogP contribution in [0.2, 0.25) is 0 Å². The SMILES string of the molecule is CC(=O)c1ccc(Nc2cnc(C(=O)N(C)C3CCS(=O)(=O)C3)cn2)cc1. The van der Waals surface area contributed by atoms with Gasteiger partial charge in [0.15, 0.2) is 15.6 Å². The van der Waals surface area contributed by atoms with E-state index in [9.17, 15) is 18.0 Å². The molecular weight excluding hydrogens is 368 g/mol. The van der Waals surface area contributed by atoms with E-state index < -0.39 is 9.84 Å². The second kappa shape index (κ2) is 7.43. The highest BCUT2D eigenvalue weighted by Gasteiger charge is 2.33. The highest BCUT2D eigenvalue weighted by atomic mass is 32.2. The largest absolute Gasteiger partial charge is 0.339 e. The highest BCUT2D eigenvalue weighted by Crippen LogP contribution is 2.19. The quantitative estimate of drug-likeness (QED) is 0.776. The number of rotatable bonds is 5. The van der Waals surface area contributed by atoms with E-state index in [0.29, 0.717) is 17.8 Å². The molecule has 1 aromatic heterocycles. The number of amides is 1. The third kappa shape index (κ3) is 4.48. The van der Waals surface area contributed by atoms with Gasteiger partial charge in [-0.1, -0.05) is 0 Å². The first-order valence-corrected chi connectivity index (χ1v) is 10.2. The Balaban J connectivity index is 1.66. The lowest BCUT2D eigenvalue weighted by atomic mass is 10.1. The average Bonchev–Trinajstić information content (AvgIpc) is 3.01. The van der Waals surface area contributed by atoms with Gasteiger partial charge in [-0.25, -0.2) is 18.4 Å². The second-order valence-corrected chi connectivity index (χ2v) is 8.75. The molecule has 1 amide bonds. The molecule has 3 rings (SSSR count). The monoisotopic (exact) mass is 388 g/mol. The number of aromatic nitrogens is 2. The Morgan fingerprint density at radius 3 is 2.37 bits per heavy atom. The van der Waals surface area contributed by atoms with Crippen molar-refractivity contribution in [3.8, 4) is 0 Å². The molecule has 1 fully saturated rings.